The van der Waals surface area contributed by atoms with Crippen LogP contribution in [0.1, 0.15) is 267 Å². The van der Waals surface area contributed by atoms with Crippen LogP contribution in [0.5, 0.6) is 0 Å². The van der Waals surface area contributed by atoms with Crippen molar-refractivity contribution in [2.24, 2.45) is 17.8 Å². The lowest BCUT2D eigenvalue weighted by Crippen LogP contribution is -2.44. The first-order valence-electron chi connectivity index (χ1n) is 28.8. The number of ether oxygens (including phenoxy) is 2. The maximum atomic E-state index is 12.6. The third kappa shape index (κ3) is 34.9. The number of carbonyl (C=O) groups is 2. The molecule has 8 heteroatoms. The van der Waals surface area contributed by atoms with Gasteiger partial charge >= 0.3 is 11.9 Å². The van der Waals surface area contributed by atoms with E-state index < -0.39 is 8.32 Å². The molecule has 0 aliphatic carbocycles. The summed E-state index contributed by atoms with van der Waals surface area (Å²) in [4.78, 5) is 27.7. The van der Waals surface area contributed by atoms with Crippen LogP contribution in [-0.2, 0) is 23.5 Å². The Balaban J connectivity index is 2.42. The van der Waals surface area contributed by atoms with Crippen LogP contribution >= 0.6 is 0 Å². The Labute approximate surface area is 407 Å². The zero-order chi connectivity index (χ0) is 47.9. The molecule has 2 unspecified atom stereocenters. The van der Waals surface area contributed by atoms with Crippen molar-refractivity contribution in [3.8, 4) is 0 Å². The molecule has 0 amide bonds. The molecular weight excluding hydrogens is 821 g/mol. The first-order valence-corrected chi connectivity index (χ1v) is 31.7. The number of hydrogen-bond acceptors (Lipinski definition) is 7. The molecule has 1 heterocycles. The number of esters is 2. The van der Waals surface area contributed by atoms with Gasteiger partial charge in [0.25, 0.3) is 0 Å². The number of nitrogens with one attached hydrogen (secondary N) is 1. The Hall–Kier alpha value is -0.963. The van der Waals surface area contributed by atoms with E-state index in [2.05, 4.69) is 71.8 Å². The summed E-state index contributed by atoms with van der Waals surface area (Å²) in [6.07, 6.45) is 40.6. The molecule has 1 rings (SSSR count). The van der Waals surface area contributed by atoms with E-state index in [1.54, 1.807) is 0 Å². The molecule has 1 fully saturated rings. The summed E-state index contributed by atoms with van der Waals surface area (Å²) in [6, 6.07) is 0.608. The van der Waals surface area contributed by atoms with Gasteiger partial charge in [0.2, 0.25) is 0 Å². The number of rotatable bonds is 45. The van der Waals surface area contributed by atoms with Crippen LogP contribution in [0, 0.1) is 17.8 Å². The molecule has 0 spiro atoms. The van der Waals surface area contributed by atoms with Gasteiger partial charge in [0.05, 0.1) is 13.2 Å². The Morgan fingerprint density at radius 2 is 0.938 bits per heavy atom. The molecule has 1 aliphatic heterocycles. The van der Waals surface area contributed by atoms with E-state index in [1.165, 1.54) is 193 Å². The number of unbranched alkanes of at least 4 members (excludes halogenated alkanes) is 18. The number of nitrogens with zero attached hydrogens (tertiary/aromatic N) is 1. The molecule has 0 radical (unpaired) electrons. The minimum atomic E-state index is -1.68. The summed E-state index contributed by atoms with van der Waals surface area (Å²) in [5, 5.41) is 4.36. The van der Waals surface area contributed by atoms with Gasteiger partial charge in [0.15, 0.2) is 8.32 Å². The quantitative estimate of drug-likeness (QED) is 0.0370. The second-order valence-electron chi connectivity index (χ2n) is 22.4. The highest BCUT2D eigenvalue weighted by Crippen LogP contribution is 2.36. The van der Waals surface area contributed by atoms with Crippen LogP contribution in [-0.4, -0.2) is 77.2 Å². The summed E-state index contributed by atoms with van der Waals surface area (Å²) in [5.41, 5.74) is 0. The van der Waals surface area contributed by atoms with Crippen LogP contribution < -0.4 is 5.32 Å². The van der Waals surface area contributed by atoms with Crippen molar-refractivity contribution in [2.75, 3.05) is 46.0 Å². The second kappa shape index (κ2) is 40.9. The van der Waals surface area contributed by atoms with Gasteiger partial charge in [-0.1, -0.05) is 190 Å². The monoisotopic (exact) mass is 935 g/mol. The van der Waals surface area contributed by atoms with Crippen LogP contribution in [0.15, 0.2) is 0 Å². The Bertz CT molecular complexity index is 1030. The van der Waals surface area contributed by atoms with E-state index >= 15 is 0 Å². The molecule has 0 aromatic heterocycles. The number of likely N-dealkylation sites (tertiary alicyclic amines) is 1. The zero-order valence-corrected chi connectivity index (χ0v) is 46.3. The van der Waals surface area contributed by atoms with Gasteiger partial charge in [-0.05, 0) is 120 Å². The molecular formula is C57H114N2O5Si. The third-order valence-electron chi connectivity index (χ3n) is 15.3. The fourth-order valence-corrected chi connectivity index (χ4v) is 10.4. The minimum Gasteiger partial charge on any atom is -0.465 e. The number of carbonyl (C=O) groups excluding carboxylic acids is 2. The van der Waals surface area contributed by atoms with Gasteiger partial charge in [0.1, 0.15) is 0 Å². The van der Waals surface area contributed by atoms with Gasteiger partial charge < -0.3 is 24.1 Å². The largest absolute Gasteiger partial charge is 0.465 e. The van der Waals surface area contributed by atoms with Crippen LogP contribution in [0.25, 0.3) is 0 Å². The SMILES string of the molecule is CCCCCCC(CCCC)COC(=O)CCCCCCCCC(CCCCCCCCC(=O)OCC(CCCC)CCCCCC)NCC1CCN(CCO[Si](C)(C)C(C)(C)C)CC1. The molecule has 0 saturated carbocycles. The van der Waals surface area contributed by atoms with Crippen molar-refractivity contribution in [2.45, 2.75) is 291 Å². The summed E-state index contributed by atoms with van der Waals surface area (Å²) >= 11 is 0. The Morgan fingerprint density at radius 3 is 1.37 bits per heavy atom. The average Bonchev–Trinajstić information content (AvgIpc) is 3.28. The predicted octanol–water partition coefficient (Wildman–Crippen LogP) is 16.6. The van der Waals surface area contributed by atoms with E-state index in [0.717, 1.165) is 51.3 Å². The molecule has 2 atom stereocenters. The van der Waals surface area contributed by atoms with Crippen LogP contribution in [0.2, 0.25) is 18.1 Å². The highest BCUT2D eigenvalue weighted by atomic mass is 28.4. The lowest BCUT2D eigenvalue weighted by atomic mass is 9.95. The summed E-state index contributed by atoms with van der Waals surface area (Å²) < 4.78 is 18.1. The highest BCUT2D eigenvalue weighted by molar-refractivity contribution is 6.74. The van der Waals surface area contributed by atoms with Crippen molar-refractivity contribution >= 4 is 20.3 Å². The maximum Gasteiger partial charge on any atom is 0.305 e. The second-order valence-corrected chi connectivity index (χ2v) is 27.2. The molecule has 1 N–H and O–H groups in total. The molecule has 7 nitrogen and oxygen atoms in total. The molecule has 0 aromatic rings. The first-order chi connectivity index (χ1) is 31.3. The standard InChI is InChI=1S/C57H114N2O5Si/c1-10-14-18-28-36-52(34-16-12-3)49-62-55(60)40-32-26-22-20-24-30-38-54(58-48-51-42-44-59(45-43-51)46-47-64-65(8,9)57(5,6)7)39-31-25-21-23-27-33-41-56(61)63-50-53(35-17-13-4)37-29-19-15-11-2/h51-54,58H,10-50H2,1-9H3. The maximum absolute atomic E-state index is 12.6. The zero-order valence-electron chi connectivity index (χ0n) is 45.3. The molecule has 386 valence electrons. The highest BCUT2D eigenvalue weighted by Gasteiger charge is 2.37. The molecule has 65 heavy (non-hydrogen) atoms. The normalized spacial score (nSPS) is 15.6. The van der Waals surface area contributed by atoms with Crippen molar-refractivity contribution in [3.63, 3.8) is 0 Å². The van der Waals surface area contributed by atoms with E-state index in [0.29, 0.717) is 43.9 Å². The van der Waals surface area contributed by atoms with E-state index in [1.807, 2.05) is 0 Å². The van der Waals surface area contributed by atoms with E-state index in [4.69, 9.17) is 13.9 Å². The molecule has 0 aromatic carbocycles. The lowest BCUT2D eigenvalue weighted by molar-refractivity contribution is -0.146. The molecule has 0 bridgehead atoms. The summed E-state index contributed by atoms with van der Waals surface area (Å²) in [5.74, 6) is 1.90. The summed E-state index contributed by atoms with van der Waals surface area (Å²) in [6.45, 7) is 27.5. The van der Waals surface area contributed by atoms with E-state index in [-0.39, 0.29) is 17.0 Å². The predicted molar refractivity (Wildman–Crippen MR) is 283 cm³/mol. The molecule has 1 aliphatic rings. The molecule has 1 saturated heterocycles. The average molecular weight is 936 g/mol. The lowest BCUT2D eigenvalue weighted by Gasteiger charge is -2.38. The fraction of sp³-hybridized carbons (Fsp3) is 0.965. The first kappa shape index (κ1) is 62.1. The number of hydrogen-bond donors (Lipinski definition) is 1. The van der Waals surface area contributed by atoms with Gasteiger partial charge in [0, 0.05) is 32.0 Å². The van der Waals surface area contributed by atoms with Crippen molar-refractivity contribution in [3.05, 3.63) is 0 Å². The number of piperidine rings is 1. The smallest absolute Gasteiger partial charge is 0.305 e. The van der Waals surface area contributed by atoms with Crippen LogP contribution in [0.3, 0.4) is 0 Å². The Kier molecular flexibility index (Phi) is 39.0. The van der Waals surface area contributed by atoms with Gasteiger partial charge in [-0.15, -0.1) is 0 Å². The van der Waals surface area contributed by atoms with Gasteiger partial charge in [-0.2, -0.15) is 0 Å². The van der Waals surface area contributed by atoms with Gasteiger partial charge in [-0.25, -0.2) is 0 Å². The van der Waals surface area contributed by atoms with Crippen molar-refractivity contribution in [1.82, 2.24) is 10.2 Å². The topological polar surface area (TPSA) is 77.1 Å². The van der Waals surface area contributed by atoms with Gasteiger partial charge in [-0.3, -0.25) is 9.59 Å². The minimum absolute atomic E-state index is 0.0184. The van der Waals surface area contributed by atoms with Crippen LogP contribution in [0.4, 0.5) is 0 Å². The Morgan fingerprint density at radius 1 is 0.554 bits per heavy atom. The van der Waals surface area contributed by atoms with Crippen molar-refractivity contribution < 1.29 is 23.5 Å². The summed E-state index contributed by atoms with van der Waals surface area (Å²) in [7, 11) is -1.68. The van der Waals surface area contributed by atoms with Crippen molar-refractivity contribution in [1.29, 1.82) is 0 Å². The van der Waals surface area contributed by atoms with E-state index in [9.17, 15) is 9.59 Å². The third-order valence-corrected chi connectivity index (χ3v) is 19.8. The fourth-order valence-electron chi connectivity index (χ4n) is 9.37.